The van der Waals surface area contributed by atoms with Crippen LogP contribution in [-0.2, 0) is 22.4 Å². The van der Waals surface area contributed by atoms with Gasteiger partial charge in [-0.2, -0.15) is 0 Å². The van der Waals surface area contributed by atoms with Crippen molar-refractivity contribution in [2.75, 3.05) is 6.54 Å². The number of nitrogens with zero attached hydrogens (tertiary/aromatic N) is 2. The molecule has 2 aliphatic carbocycles. The summed E-state index contributed by atoms with van der Waals surface area (Å²) in [5, 5.41) is 21.9. The third kappa shape index (κ3) is 7.90. The number of rotatable bonds is 9. The van der Waals surface area contributed by atoms with E-state index in [9.17, 15) is 19.8 Å². The highest BCUT2D eigenvalue weighted by molar-refractivity contribution is 6.24. The SMILES string of the molecule is CC(CN=C(Cc1ccccc1)C1=C(O)CC(C)(C)CC1=O)N=C(Cc1ccccc1)C1=C(O)CC(C)(C)CC1=O. The van der Waals surface area contributed by atoms with E-state index in [2.05, 4.69) is 0 Å². The monoisotopic (exact) mass is 554 g/mol. The topological polar surface area (TPSA) is 99.3 Å². The molecule has 2 aromatic rings. The molecular formula is C35H42N2O4. The Morgan fingerprint density at radius 3 is 1.56 bits per heavy atom. The maximum Gasteiger partial charge on any atom is 0.168 e. The van der Waals surface area contributed by atoms with Crippen LogP contribution in [0.1, 0.15) is 71.4 Å². The molecule has 0 saturated heterocycles. The first-order chi connectivity index (χ1) is 19.3. The van der Waals surface area contributed by atoms with E-state index < -0.39 is 0 Å². The number of aliphatic imine (C=N–C) groups is 2. The van der Waals surface area contributed by atoms with Crippen LogP contribution in [0.3, 0.4) is 0 Å². The van der Waals surface area contributed by atoms with E-state index >= 15 is 0 Å². The van der Waals surface area contributed by atoms with Crippen LogP contribution >= 0.6 is 0 Å². The van der Waals surface area contributed by atoms with E-state index in [1.807, 2.05) is 95.3 Å². The van der Waals surface area contributed by atoms with Gasteiger partial charge in [0.15, 0.2) is 11.6 Å². The maximum absolute atomic E-state index is 13.2. The highest BCUT2D eigenvalue weighted by atomic mass is 16.3. The second-order valence-corrected chi connectivity index (χ2v) is 13.1. The first kappa shape index (κ1) is 30.2. The highest BCUT2D eigenvalue weighted by Gasteiger charge is 2.36. The summed E-state index contributed by atoms with van der Waals surface area (Å²) < 4.78 is 0. The lowest BCUT2D eigenvalue weighted by molar-refractivity contribution is -0.118. The van der Waals surface area contributed by atoms with Gasteiger partial charge in [-0.3, -0.25) is 19.6 Å². The largest absolute Gasteiger partial charge is 0.511 e. The molecule has 0 aromatic heterocycles. The van der Waals surface area contributed by atoms with E-state index in [0.29, 0.717) is 61.1 Å². The second kappa shape index (κ2) is 12.4. The van der Waals surface area contributed by atoms with Crippen LogP contribution < -0.4 is 0 Å². The first-order valence-corrected chi connectivity index (χ1v) is 14.4. The van der Waals surface area contributed by atoms with Gasteiger partial charge in [0.05, 0.1) is 35.2 Å². The molecule has 0 radical (unpaired) electrons. The van der Waals surface area contributed by atoms with Crippen LogP contribution in [0.5, 0.6) is 0 Å². The molecule has 1 unspecified atom stereocenters. The Morgan fingerprint density at radius 2 is 1.12 bits per heavy atom. The smallest absolute Gasteiger partial charge is 0.168 e. The van der Waals surface area contributed by atoms with Crippen molar-refractivity contribution in [3.8, 4) is 0 Å². The average molecular weight is 555 g/mol. The zero-order chi connectivity index (χ0) is 29.8. The molecule has 2 aliphatic rings. The Labute approximate surface area is 243 Å². The molecule has 0 spiro atoms. The van der Waals surface area contributed by atoms with Crippen LogP contribution in [0.15, 0.2) is 93.3 Å². The molecule has 0 saturated carbocycles. The van der Waals surface area contributed by atoms with Gasteiger partial charge in [0.2, 0.25) is 0 Å². The lowest BCUT2D eigenvalue weighted by Crippen LogP contribution is -2.31. The van der Waals surface area contributed by atoms with Crippen molar-refractivity contribution in [1.29, 1.82) is 0 Å². The summed E-state index contributed by atoms with van der Waals surface area (Å²) in [5.41, 5.74) is 3.13. The molecule has 0 amide bonds. The third-order valence-electron chi connectivity index (χ3n) is 7.63. The number of hydrogen-bond acceptors (Lipinski definition) is 6. The molecule has 6 heteroatoms. The summed E-state index contributed by atoms with van der Waals surface area (Å²) in [6.07, 6.45) is 2.36. The van der Waals surface area contributed by atoms with Gasteiger partial charge in [-0.05, 0) is 28.9 Å². The number of Topliss-reactive ketones (excluding diaryl/α,β-unsaturated/α-hetero) is 2. The quantitative estimate of drug-likeness (QED) is 0.322. The molecule has 1 atom stereocenters. The number of carbonyl (C=O) groups excluding carboxylic acids is 2. The molecule has 0 bridgehead atoms. The van der Waals surface area contributed by atoms with Crippen LogP contribution in [-0.4, -0.2) is 45.8 Å². The summed E-state index contributed by atoms with van der Waals surface area (Å²) >= 11 is 0. The van der Waals surface area contributed by atoms with Gasteiger partial charge in [-0.1, -0.05) is 88.4 Å². The Morgan fingerprint density at radius 1 is 0.707 bits per heavy atom. The lowest BCUT2D eigenvalue weighted by atomic mass is 9.75. The second-order valence-electron chi connectivity index (χ2n) is 13.1. The van der Waals surface area contributed by atoms with Crippen LogP contribution in [0, 0.1) is 10.8 Å². The van der Waals surface area contributed by atoms with E-state index in [-0.39, 0.29) is 46.5 Å². The van der Waals surface area contributed by atoms with Crippen LogP contribution in [0.2, 0.25) is 0 Å². The number of benzene rings is 2. The van der Waals surface area contributed by atoms with Crippen molar-refractivity contribution in [1.82, 2.24) is 0 Å². The summed E-state index contributed by atoms with van der Waals surface area (Å²) in [6.45, 7) is 10.1. The maximum atomic E-state index is 13.2. The van der Waals surface area contributed by atoms with E-state index in [1.165, 1.54) is 0 Å². The lowest BCUT2D eigenvalue weighted by Gasteiger charge is -2.30. The van der Waals surface area contributed by atoms with Gasteiger partial charge in [-0.25, -0.2) is 0 Å². The Kier molecular flexibility index (Phi) is 9.11. The summed E-state index contributed by atoms with van der Waals surface area (Å²) in [5.74, 6) is -0.0153. The van der Waals surface area contributed by atoms with Crippen LogP contribution in [0.4, 0.5) is 0 Å². The number of carbonyl (C=O) groups is 2. The van der Waals surface area contributed by atoms with Gasteiger partial charge in [0.25, 0.3) is 0 Å². The fourth-order valence-electron chi connectivity index (χ4n) is 5.78. The normalized spacial score (nSPS) is 20.4. The molecule has 216 valence electrons. The molecular weight excluding hydrogens is 512 g/mol. The summed E-state index contributed by atoms with van der Waals surface area (Å²) in [7, 11) is 0. The minimum atomic E-state index is -0.333. The van der Waals surface area contributed by atoms with Gasteiger partial charge < -0.3 is 10.2 Å². The van der Waals surface area contributed by atoms with Gasteiger partial charge in [-0.15, -0.1) is 0 Å². The Hall–Kier alpha value is -3.80. The predicted octanol–water partition coefficient (Wildman–Crippen LogP) is 7.14. The van der Waals surface area contributed by atoms with Crippen molar-refractivity contribution >= 4 is 23.0 Å². The minimum Gasteiger partial charge on any atom is -0.511 e. The van der Waals surface area contributed by atoms with Gasteiger partial charge in [0, 0.05) is 38.5 Å². The van der Waals surface area contributed by atoms with E-state index in [4.69, 9.17) is 9.98 Å². The molecule has 0 heterocycles. The van der Waals surface area contributed by atoms with Crippen molar-refractivity contribution in [2.45, 2.75) is 79.2 Å². The van der Waals surface area contributed by atoms with Crippen molar-refractivity contribution in [2.24, 2.45) is 20.8 Å². The number of ketones is 2. The average Bonchev–Trinajstić information content (AvgIpc) is 2.86. The van der Waals surface area contributed by atoms with Crippen molar-refractivity contribution < 1.29 is 19.8 Å². The van der Waals surface area contributed by atoms with Gasteiger partial charge >= 0.3 is 0 Å². The number of aliphatic hydroxyl groups excluding tert-OH is 2. The van der Waals surface area contributed by atoms with Crippen LogP contribution in [0.25, 0.3) is 0 Å². The summed E-state index contributed by atoms with van der Waals surface area (Å²) in [6, 6.07) is 19.2. The number of aliphatic hydroxyl groups is 2. The fraction of sp³-hybridized carbons (Fsp3) is 0.429. The summed E-state index contributed by atoms with van der Waals surface area (Å²) in [4.78, 5) is 36.2. The molecule has 4 rings (SSSR count). The Bertz CT molecular complexity index is 1410. The minimum absolute atomic E-state index is 0.0897. The highest BCUT2D eigenvalue weighted by Crippen LogP contribution is 2.38. The zero-order valence-electron chi connectivity index (χ0n) is 24.9. The molecule has 0 fully saturated rings. The van der Waals surface area contributed by atoms with Crippen molar-refractivity contribution in [3.05, 3.63) is 94.5 Å². The van der Waals surface area contributed by atoms with Crippen molar-refractivity contribution in [3.63, 3.8) is 0 Å². The standard InChI is InChI=1S/C35H42N2O4/c1-23(37-27(17-25-14-10-7-11-15-25)33-30(40)20-35(4,5)21-31(33)41)22-36-26(16-24-12-8-6-9-13-24)32-28(38)18-34(2,3)19-29(32)39/h6-15,23,38,40H,16-22H2,1-5H3. The predicted molar refractivity (Wildman–Crippen MR) is 165 cm³/mol. The molecule has 6 nitrogen and oxygen atoms in total. The van der Waals surface area contributed by atoms with Gasteiger partial charge in [0.1, 0.15) is 11.5 Å². The Balaban J connectivity index is 1.69. The molecule has 41 heavy (non-hydrogen) atoms. The van der Waals surface area contributed by atoms with E-state index in [0.717, 1.165) is 11.1 Å². The molecule has 2 aromatic carbocycles. The number of hydrogen-bond donors (Lipinski definition) is 2. The third-order valence-corrected chi connectivity index (χ3v) is 7.63. The first-order valence-electron chi connectivity index (χ1n) is 14.4. The molecule has 2 N–H and O–H groups in total. The number of allylic oxidation sites excluding steroid dienone is 4. The fourth-order valence-corrected chi connectivity index (χ4v) is 5.78. The molecule has 0 aliphatic heterocycles. The zero-order valence-corrected chi connectivity index (χ0v) is 24.9. The van der Waals surface area contributed by atoms with E-state index in [1.54, 1.807) is 0 Å².